The summed E-state index contributed by atoms with van der Waals surface area (Å²) in [6.07, 6.45) is 3.67. The van der Waals surface area contributed by atoms with Crippen LogP contribution in [-0.4, -0.2) is 14.4 Å². The smallest absolute Gasteiger partial charge is 0.235 e. The maximum Gasteiger partial charge on any atom is 0.235 e. The summed E-state index contributed by atoms with van der Waals surface area (Å²) in [5.74, 6) is 0.673. The van der Waals surface area contributed by atoms with Gasteiger partial charge in [-0.2, -0.15) is 0 Å². The predicted octanol–water partition coefficient (Wildman–Crippen LogP) is 2.69. The van der Waals surface area contributed by atoms with Crippen LogP contribution in [-0.2, 0) is 0 Å². The summed E-state index contributed by atoms with van der Waals surface area (Å²) in [5, 5.41) is 0.699. The summed E-state index contributed by atoms with van der Waals surface area (Å²) in [4.78, 5) is 8.50. The summed E-state index contributed by atoms with van der Waals surface area (Å²) < 4.78 is 1.94. The largest absolute Gasteiger partial charge is 0.283 e. The molecule has 0 saturated carbocycles. The van der Waals surface area contributed by atoms with Gasteiger partial charge in [0, 0.05) is 18.0 Å². The van der Waals surface area contributed by atoms with E-state index in [-0.39, 0.29) is 0 Å². The normalized spacial score (nSPS) is 10.8. The van der Waals surface area contributed by atoms with Crippen LogP contribution in [0.5, 0.6) is 0 Å². The topological polar surface area (TPSA) is 30.2 Å². The fourth-order valence-electron chi connectivity index (χ4n) is 1.74. The van der Waals surface area contributed by atoms with E-state index in [1.54, 1.807) is 6.20 Å². The number of aromatic nitrogens is 3. The van der Waals surface area contributed by atoms with Gasteiger partial charge in [-0.05, 0) is 6.07 Å². The molecule has 0 spiro atoms. The highest BCUT2D eigenvalue weighted by Gasteiger charge is 2.10. The van der Waals surface area contributed by atoms with Gasteiger partial charge in [0.25, 0.3) is 0 Å². The Morgan fingerprint density at radius 1 is 1.06 bits per heavy atom. The Morgan fingerprint density at radius 2 is 1.88 bits per heavy atom. The second-order valence-electron chi connectivity index (χ2n) is 3.44. The van der Waals surface area contributed by atoms with Crippen molar-refractivity contribution in [2.24, 2.45) is 0 Å². The van der Waals surface area contributed by atoms with Gasteiger partial charge >= 0.3 is 0 Å². The molecule has 0 aliphatic carbocycles. The lowest BCUT2D eigenvalue weighted by Gasteiger charge is -2.01. The van der Waals surface area contributed by atoms with Crippen LogP contribution in [0, 0.1) is 0 Å². The minimum absolute atomic E-state index is 0.673. The molecule has 2 heterocycles. The average molecular weight is 227 g/mol. The van der Waals surface area contributed by atoms with E-state index in [9.17, 15) is 0 Å². The van der Waals surface area contributed by atoms with Crippen molar-refractivity contribution >= 4 is 18.4 Å². The second-order valence-corrected chi connectivity index (χ2v) is 3.86. The van der Waals surface area contributed by atoms with Gasteiger partial charge in [-0.1, -0.05) is 30.3 Å². The maximum absolute atomic E-state index is 4.40. The molecule has 0 bridgehead atoms. The molecule has 0 amide bonds. The van der Waals surface area contributed by atoms with Gasteiger partial charge in [-0.15, -0.1) is 12.6 Å². The first-order valence-electron chi connectivity index (χ1n) is 4.94. The third-order valence-electron chi connectivity index (χ3n) is 2.43. The fourth-order valence-corrected chi connectivity index (χ4v) is 2.07. The number of hydrogen-bond donors (Lipinski definition) is 1. The van der Waals surface area contributed by atoms with Gasteiger partial charge < -0.3 is 0 Å². The first-order chi connectivity index (χ1) is 7.86. The predicted molar refractivity (Wildman–Crippen MR) is 65.7 cm³/mol. The number of hydrogen-bond acceptors (Lipinski definition) is 3. The van der Waals surface area contributed by atoms with Crippen molar-refractivity contribution in [3.05, 3.63) is 48.8 Å². The van der Waals surface area contributed by atoms with E-state index < -0.39 is 0 Å². The van der Waals surface area contributed by atoms with Gasteiger partial charge in [0.2, 0.25) is 5.78 Å². The minimum atomic E-state index is 0.673. The molecule has 0 fully saturated rings. The molecule has 0 unspecified atom stereocenters. The quantitative estimate of drug-likeness (QED) is 0.648. The van der Waals surface area contributed by atoms with E-state index in [4.69, 9.17) is 0 Å². The number of rotatable bonds is 1. The molecule has 0 radical (unpaired) electrons. The van der Waals surface area contributed by atoms with E-state index in [0.29, 0.717) is 10.8 Å². The molecule has 0 N–H and O–H groups in total. The molecule has 0 aliphatic heterocycles. The molecule has 78 valence electrons. The summed E-state index contributed by atoms with van der Waals surface area (Å²) >= 11 is 4.40. The molecule has 16 heavy (non-hydrogen) atoms. The van der Waals surface area contributed by atoms with Gasteiger partial charge in [0.1, 0.15) is 5.03 Å². The van der Waals surface area contributed by atoms with Crippen LogP contribution in [0.4, 0.5) is 0 Å². The first-order valence-corrected chi connectivity index (χ1v) is 5.38. The molecular formula is C12H9N3S. The monoisotopic (exact) mass is 227 g/mol. The zero-order valence-corrected chi connectivity index (χ0v) is 9.30. The van der Waals surface area contributed by atoms with Crippen LogP contribution in [0.15, 0.2) is 53.8 Å². The molecule has 2 aromatic heterocycles. The van der Waals surface area contributed by atoms with Crippen LogP contribution in [0.3, 0.4) is 0 Å². The number of imidazole rings is 1. The molecule has 1 aromatic carbocycles. The van der Waals surface area contributed by atoms with E-state index in [0.717, 1.165) is 11.3 Å². The molecular weight excluding hydrogens is 218 g/mol. The standard InChI is InChI=1S/C12H9N3S/c16-11-10(9-5-2-1-3-6-9)15-8-4-7-13-12(15)14-11/h1-8,16H. The van der Waals surface area contributed by atoms with Crippen LogP contribution in [0.1, 0.15) is 0 Å². The van der Waals surface area contributed by atoms with Crippen molar-refractivity contribution in [2.45, 2.75) is 5.03 Å². The van der Waals surface area contributed by atoms with Gasteiger partial charge in [0.05, 0.1) is 5.69 Å². The van der Waals surface area contributed by atoms with Crippen molar-refractivity contribution < 1.29 is 0 Å². The fraction of sp³-hybridized carbons (Fsp3) is 0. The number of fused-ring (bicyclic) bond motifs is 1. The number of benzene rings is 1. The lowest BCUT2D eigenvalue weighted by molar-refractivity contribution is 1.11. The Morgan fingerprint density at radius 3 is 2.69 bits per heavy atom. The van der Waals surface area contributed by atoms with Crippen molar-refractivity contribution in [1.29, 1.82) is 0 Å². The van der Waals surface area contributed by atoms with Crippen LogP contribution >= 0.6 is 12.6 Å². The highest BCUT2D eigenvalue weighted by molar-refractivity contribution is 7.80. The van der Waals surface area contributed by atoms with Crippen molar-refractivity contribution in [2.75, 3.05) is 0 Å². The zero-order chi connectivity index (χ0) is 11.0. The highest BCUT2D eigenvalue weighted by Crippen LogP contribution is 2.26. The molecule has 0 atom stereocenters. The SMILES string of the molecule is Sc1nc2ncccn2c1-c1ccccc1. The Balaban J connectivity index is 2.35. The van der Waals surface area contributed by atoms with Crippen molar-refractivity contribution in [3.63, 3.8) is 0 Å². The van der Waals surface area contributed by atoms with E-state index >= 15 is 0 Å². The first kappa shape index (κ1) is 9.42. The molecule has 4 heteroatoms. The Labute approximate surface area is 98.2 Å². The van der Waals surface area contributed by atoms with Gasteiger partial charge in [-0.25, -0.2) is 9.97 Å². The van der Waals surface area contributed by atoms with Crippen molar-refractivity contribution in [3.8, 4) is 11.3 Å². The molecule has 3 rings (SSSR count). The van der Waals surface area contributed by atoms with E-state index in [1.807, 2.05) is 47.0 Å². The summed E-state index contributed by atoms with van der Waals surface area (Å²) in [7, 11) is 0. The van der Waals surface area contributed by atoms with Crippen LogP contribution < -0.4 is 0 Å². The summed E-state index contributed by atoms with van der Waals surface area (Å²) in [6, 6.07) is 11.9. The van der Waals surface area contributed by atoms with E-state index in [1.165, 1.54) is 0 Å². The Bertz CT molecular complexity index is 631. The molecule has 3 nitrogen and oxygen atoms in total. The third-order valence-corrected chi connectivity index (χ3v) is 2.74. The summed E-state index contributed by atoms with van der Waals surface area (Å²) in [5.41, 5.74) is 2.07. The average Bonchev–Trinajstić information content (AvgIpc) is 2.66. The Hall–Kier alpha value is -1.81. The van der Waals surface area contributed by atoms with Gasteiger partial charge in [-0.3, -0.25) is 4.40 Å². The van der Waals surface area contributed by atoms with Crippen molar-refractivity contribution in [1.82, 2.24) is 14.4 Å². The molecule has 0 saturated heterocycles. The van der Waals surface area contributed by atoms with Gasteiger partial charge in [0.15, 0.2) is 0 Å². The highest BCUT2D eigenvalue weighted by atomic mass is 32.1. The molecule has 0 aliphatic rings. The lowest BCUT2D eigenvalue weighted by Crippen LogP contribution is -1.89. The zero-order valence-electron chi connectivity index (χ0n) is 8.41. The number of nitrogens with zero attached hydrogens (tertiary/aromatic N) is 3. The minimum Gasteiger partial charge on any atom is -0.283 e. The van der Waals surface area contributed by atoms with Crippen LogP contribution in [0.25, 0.3) is 17.0 Å². The molecule has 3 aromatic rings. The van der Waals surface area contributed by atoms with Crippen LogP contribution in [0.2, 0.25) is 0 Å². The lowest BCUT2D eigenvalue weighted by atomic mass is 10.2. The van der Waals surface area contributed by atoms with E-state index in [2.05, 4.69) is 22.6 Å². The second kappa shape index (κ2) is 3.64. The third kappa shape index (κ3) is 1.39. The Kier molecular flexibility index (Phi) is 2.15. The number of thiol groups is 1. The maximum atomic E-state index is 4.40. The summed E-state index contributed by atoms with van der Waals surface area (Å²) in [6.45, 7) is 0.